The van der Waals surface area contributed by atoms with Crippen LogP contribution in [0.1, 0.15) is 27.0 Å². The Balaban J connectivity index is 1.33. The van der Waals surface area contributed by atoms with E-state index in [1.54, 1.807) is 31.6 Å². The molecule has 1 amide bonds. The fraction of sp³-hybridized carbons (Fsp3) is 0.333. The van der Waals surface area contributed by atoms with Gasteiger partial charge in [-0.05, 0) is 42.9 Å². The van der Waals surface area contributed by atoms with Crippen molar-refractivity contribution in [2.45, 2.75) is 19.3 Å². The summed E-state index contributed by atoms with van der Waals surface area (Å²) < 4.78 is 53.0. The zero-order valence-corrected chi connectivity index (χ0v) is 23.6. The van der Waals surface area contributed by atoms with Crippen LogP contribution in [0.3, 0.4) is 0 Å². The Labute approximate surface area is 241 Å². The van der Waals surface area contributed by atoms with Crippen molar-refractivity contribution in [1.82, 2.24) is 19.8 Å². The number of aromatic amines is 1. The number of hydrogen-bond acceptors (Lipinski definition) is 7. The highest BCUT2D eigenvalue weighted by Gasteiger charge is 2.34. The largest absolute Gasteiger partial charge is 0.497 e. The van der Waals surface area contributed by atoms with Gasteiger partial charge >= 0.3 is 6.18 Å². The quantitative estimate of drug-likeness (QED) is 0.249. The standard InChI is InChI=1S/C30H33F3N6O3/c1-38-8-10-39(11-9-38)18-19-4-5-22(15-26(19)30(31,32)33)37-29(40)20-12-23(14-24(13-20)41-2)35-16-21-17-36-28-25(6-7-34-28)27(21)42-3/h4-7,12-15,17,35H,8-11,16,18H2,1-3H3,(H,34,36)(H,37,40). The van der Waals surface area contributed by atoms with Gasteiger partial charge in [0.25, 0.3) is 5.91 Å². The fourth-order valence-electron chi connectivity index (χ4n) is 5.05. The Bertz CT molecular complexity index is 1560. The van der Waals surface area contributed by atoms with E-state index in [2.05, 4.69) is 25.5 Å². The molecule has 0 radical (unpaired) electrons. The Kier molecular flexibility index (Phi) is 8.55. The van der Waals surface area contributed by atoms with Gasteiger partial charge in [-0.15, -0.1) is 0 Å². The summed E-state index contributed by atoms with van der Waals surface area (Å²) in [5.74, 6) is 0.519. The number of pyridine rings is 1. The van der Waals surface area contributed by atoms with E-state index in [1.807, 2.05) is 18.0 Å². The van der Waals surface area contributed by atoms with Gasteiger partial charge in [-0.1, -0.05) is 6.07 Å². The molecule has 0 unspecified atom stereocenters. The molecule has 12 heteroatoms. The van der Waals surface area contributed by atoms with Gasteiger partial charge in [-0.25, -0.2) is 4.98 Å². The van der Waals surface area contributed by atoms with Gasteiger partial charge in [0.2, 0.25) is 0 Å². The number of nitrogens with one attached hydrogen (secondary N) is 3. The molecule has 0 spiro atoms. The van der Waals surface area contributed by atoms with Crippen LogP contribution in [-0.2, 0) is 19.3 Å². The summed E-state index contributed by atoms with van der Waals surface area (Å²) in [6.07, 6.45) is -1.08. The van der Waals surface area contributed by atoms with Crippen molar-refractivity contribution < 1.29 is 27.4 Å². The Morgan fingerprint density at radius 3 is 2.50 bits per heavy atom. The number of methoxy groups -OCH3 is 2. The van der Waals surface area contributed by atoms with Gasteiger partial charge < -0.3 is 30.0 Å². The van der Waals surface area contributed by atoms with E-state index < -0.39 is 17.6 Å². The SMILES string of the molecule is COc1cc(NCc2cnc3[nH]ccc3c2OC)cc(C(=O)Nc2ccc(CN3CCN(C)CC3)c(C(F)(F)F)c2)c1. The van der Waals surface area contributed by atoms with Crippen molar-refractivity contribution in [1.29, 1.82) is 0 Å². The molecule has 0 saturated carbocycles. The predicted molar refractivity (Wildman–Crippen MR) is 155 cm³/mol. The van der Waals surface area contributed by atoms with Crippen LogP contribution in [0.25, 0.3) is 11.0 Å². The summed E-state index contributed by atoms with van der Waals surface area (Å²) in [7, 11) is 5.06. The van der Waals surface area contributed by atoms with Gasteiger partial charge in [0.15, 0.2) is 0 Å². The third-order valence-electron chi connectivity index (χ3n) is 7.37. The molecule has 2 aromatic carbocycles. The van der Waals surface area contributed by atoms with Crippen LogP contribution in [0.15, 0.2) is 54.9 Å². The monoisotopic (exact) mass is 582 g/mol. The maximum Gasteiger partial charge on any atom is 0.416 e. The predicted octanol–water partition coefficient (Wildman–Crippen LogP) is 5.21. The minimum Gasteiger partial charge on any atom is -0.497 e. The Morgan fingerprint density at radius 1 is 1.00 bits per heavy atom. The number of carbonyl (C=O) groups excluding carboxylic acids is 1. The number of benzene rings is 2. The summed E-state index contributed by atoms with van der Waals surface area (Å²) in [6, 6.07) is 10.7. The Hall–Kier alpha value is -4.29. The first kappa shape index (κ1) is 29.2. The molecule has 5 rings (SSSR count). The normalized spacial score (nSPS) is 14.6. The van der Waals surface area contributed by atoms with E-state index in [0.29, 0.717) is 42.5 Å². The molecule has 4 aromatic rings. The van der Waals surface area contributed by atoms with Crippen molar-refractivity contribution in [2.75, 3.05) is 58.1 Å². The average molecular weight is 583 g/mol. The summed E-state index contributed by atoms with van der Waals surface area (Å²) in [6.45, 7) is 3.54. The van der Waals surface area contributed by atoms with Gasteiger partial charge in [0, 0.05) is 80.2 Å². The first-order chi connectivity index (χ1) is 20.1. The van der Waals surface area contributed by atoms with Gasteiger partial charge in [0.05, 0.1) is 25.2 Å². The minimum absolute atomic E-state index is 0.0578. The molecule has 3 heterocycles. The number of fused-ring (bicyclic) bond motifs is 1. The fourth-order valence-corrected chi connectivity index (χ4v) is 5.05. The van der Waals surface area contributed by atoms with Crippen LogP contribution < -0.4 is 20.1 Å². The summed E-state index contributed by atoms with van der Waals surface area (Å²) in [5.41, 5.74) is 1.79. The molecule has 42 heavy (non-hydrogen) atoms. The van der Waals surface area contributed by atoms with E-state index in [9.17, 15) is 18.0 Å². The topological polar surface area (TPSA) is 94.8 Å². The number of carbonyl (C=O) groups is 1. The third-order valence-corrected chi connectivity index (χ3v) is 7.37. The van der Waals surface area contributed by atoms with Crippen molar-refractivity contribution >= 4 is 28.3 Å². The van der Waals surface area contributed by atoms with E-state index >= 15 is 0 Å². The highest BCUT2D eigenvalue weighted by Crippen LogP contribution is 2.35. The number of rotatable bonds is 9. The number of amides is 1. The number of nitrogens with zero attached hydrogens (tertiary/aromatic N) is 3. The van der Waals surface area contributed by atoms with Crippen LogP contribution in [0.2, 0.25) is 0 Å². The molecule has 0 atom stereocenters. The Morgan fingerprint density at radius 2 is 1.79 bits per heavy atom. The first-order valence-electron chi connectivity index (χ1n) is 13.5. The lowest BCUT2D eigenvalue weighted by molar-refractivity contribution is -0.138. The molecule has 0 bridgehead atoms. The second-order valence-electron chi connectivity index (χ2n) is 10.3. The van der Waals surface area contributed by atoms with Crippen LogP contribution >= 0.6 is 0 Å². The molecule has 1 saturated heterocycles. The van der Waals surface area contributed by atoms with Crippen molar-refractivity contribution in [3.63, 3.8) is 0 Å². The lowest BCUT2D eigenvalue weighted by atomic mass is 10.0. The summed E-state index contributed by atoms with van der Waals surface area (Å²) in [5, 5.41) is 6.72. The number of likely N-dealkylation sites (N-methyl/N-ethyl adjacent to an activating group) is 1. The molecule has 1 fully saturated rings. The number of piperazine rings is 1. The van der Waals surface area contributed by atoms with Crippen molar-refractivity contribution in [2.24, 2.45) is 0 Å². The molecular formula is C30H33F3N6O3. The van der Waals surface area contributed by atoms with Crippen LogP contribution in [-0.4, -0.2) is 73.1 Å². The highest BCUT2D eigenvalue weighted by atomic mass is 19.4. The number of H-pyrrole nitrogens is 1. The van der Waals surface area contributed by atoms with E-state index in [0.717, 1.165) is 30.1 Å². The van der Waals surface area contributed by atoms with Crippen LogP contribution in [0.5, 0.6) is 11.5 Å². The molecular weight excluding hydrogens is 549 g/mol. The average Bonchev–Trinajstić information content (AvgIpc) is 3.46. The second kappa shape index (κ2) is 12.3. The maximum absolute atomic E-state index is 14.0. The van der Waals surface area contributed by atoms with Gasteiger partial charge in [0.1, 0.15) is 17.1 Å². The molecule has 0 aliphatic carbocycles. The smallest absolute Gasteiger partial charge is 0.416 e. The lowest BCUT2D eigenvalue weighted by Crippen LogP contribution is -2.44. The second-order valence-corrected chi connectivity index (χ2v) is 10.3. The molecule has 9 nitrogen and oxygen atoms in total. The minimum atomic E-state index is -4.56. The van der Waals surface area contributed by atoms with E-state index in [4.69, 9.17) is 9.47 Å². The molecule has 1 aliphatic rings. The summed E-state index contributed by atoms with van der Waals surface area (Å²) in [4.78, 5) is 24.8. The maximum atomic E-state index is 14.0. The number of halogens is 3. The summed E-state index contributed by atoms with van der Waals surface area (Å²) >= 11 is 0. The molecule has 222 valence electrons. The first-order valence-corrected chi connectivity index (χ1v) is 13.5. The number of ether oxygens (including phenoxy) is 2. The number of aromatic nitrogens is 2. The van der Waals surface area contributed by atoms with E-state index in [-0.39, 0.29) is 23.4 Å². The van der Waals surface area contributed by atoms with E-state index in [1.165, 1.54) is 25.3 Å². The van der Waals surface area contributed by atoms with Crippen molar-refractivity contribution in [3.8, 4) is 11.5 Å². The molecule has 2 aromatic heterocycles. The number of anilines is 2. The van der Waals surface area contributed by atoms with Gasteiger partial charge in [-0.2, -0.15) is 13.2 Å². The third kappa shape index (κ3) is 6.60. The number of hydrogen-bond donors (Lipinski definition) is 3. The molecule has 3 N–H and O–H groups in total. The lowest BCUT2D eigenvalue weighted by Gasteiger charge is -2.33. The van der Waals surface area contributed by atoms with Crippen molar-refractivity contribution in [3.05, 3.63) is 77.1 Å². The molecule has 1 aliphatic heterocycles. The van der Waals surface area contributed by atoms with Gasteiger partial charge in [-0.3, -0.25) is 9.69 Å². The zero-order chi connectivity index (χ0) is 29.9. The zero-order valence-electron chi connectivity index (χ0n) is 23.6. The number of alkyl halides is 3. The van der Waals surface area contributed by atoms with Crippen LogP contribution in [0.4, 0.5) is 24.5 Å². The van der Waals surface area contributed by atoms with Crippen LogP contribution in [0, 0.1) is 0 Å². The highest BCUT2D eigenvalue weighted by molar-refractivity contribution is 6.05.